The number of pyridine rings is 1. The Balaban J connectivity index is 1.95. The summed E-state index contributed by atoms with van der Waals surface area (Å²) in [4.78, 5) is 24.5. The molecule has 0 aliphatic rings. The predicted octanol–water partition coefficient (Wildman–Crippen LogP) is 2.76. The van der Waals surface area contributed by atoms with Crippen LogP contribution in [0.15, 0.2) is 29.9 Å². The second-order valence-corrected chi connectivity index (χ2v) is 5.83. The van der Waals surface area contributed by atoms with Crippen LogP contribution in [0.4, 0.5) is 10.3 Å². The van der Waals surface area contributed by atoms with Gasteiger partial charge in [-0.05, 0) is 30.0 Å². The van der Waals surface area contributed by atoms with E-state index in [1.807, 2.05) is 18.4 Å². The van der Waals surface area contributed by atoms with Crippen molar-refractivity contribution in [3.8, 4) is 0 Å². The second kappa shape index (κ2) is 6.25. The molecule has 0 aliphatic carbocycles. The van der Waals surface area contributed by atoms with Crippen molar-refractivity contribution in [1.29, 1.82) is 0 Å². The van der Waals surface area contributed by atoms with Gasteiger partial charge in [0.15, 0.2) is 5.69 Å². The highest BCUT2D eigenvalue weighted by Crippen LogP contribution is 2.25. The zero-order valence-electron chi connectivity index (χ0n) is 12.5. The molecule has 0 bridgehead atoms. The molecule has 23 heavy (non-hydrogen) atoms. The number of thiophene rings is 1. The highest BCUT2D eigenvalue weighted by molar-refractivity contribution is 7.17. The standard InChI is InChI=1S/C15H14FN5OS/c1-8(9-5-10(16)7-18-6-9)19-15-20-11-3-4-23-13(11)12(21-15)14(22)17-2/h3-8H,1-2H3,(H,17,22)(H,19,20,21). The Morgan fingerprint density at radius 3 is 2.91 bits per heavy atom. The van der Waals surface area contributed by atoms with E-state index in [2.05, 4.69) is 25.6 Å². The molecule has 1 amide bonds. The van der Waals surface area contributed by atoms with Gasteiger partial charge in [-0.15, -0.1) is 11.3 Å². The van der Waals surface area contributed by atoms with Crippen LogP contribution in [0, 0.1) is 5.82 Å². The van der Waals surface area contributed by atoms with Gasteiger partial charge in [0.05, 0.1) is 22.5 Å². The number of aromatic nitrogens is 3. The van der Waals surface area contributed by atoms with Crippen LogP contribution in [-0.2, 0) is 0 Å². The highest BCUT2D eigenvalue weighted by Gasteiger charge is 2.16. The molecule has 0 fully saturated rings. The smallest absolute Gasteiger partial charge is 0.271 e. The Morgan fingerprint density at radius 2 is 2.17 bits per heavy atom. The number of fused-ring (bicyclic) bond motifs is 1. The Morgan fingerprint density at radius 1 is 1.35 bits per heavy atom. The fourth-order valence-corrected chi connectivity index (χ4v) is 2.96. The maximum Gasteiger partial charge on any atom is 0.271 e. The fourth-order valence-electron chi connectivity index (χ4n) is 2.14. The third-order valence-corrected chi connectivity index (χ3v) is 4.23. The van der Waals surface area contributed by atoms with Gasteiger partial charge < -0.3 is 10.6 Å². The Hall–Kier alpha value is -2.61. The zero-order valence-corrected chi connectivity index (χ0v) is 13.3. The van der Waals surface area contributed by atoms with Gasteiger partial charge in [-0.25, -0.2) is 14.4 Å². The van der Waals surface area contributed by atoms with E-state index in [0.29, 0.717) is 22.7 Å². The summed E-state index contributed by atoms with van der Waals surface area (Å²) in [5.41, 5.74) is 1.68. The minimum atomic E-state index is -0.406. The molecule has 3 rings (SSSR count). The number of rotatable bonds is 4. The van der Waals surface area contributed by atoms with E-state index in [1.165, 1.54) is 17.4 Å². The molecule has 0 aliphatic heterocycles. The summed E-state index contributed by atoms with van der Waals surface area (Å²) in [5.74, 6) is -0.370. The van der Waals surface area contributed by atoms with Crippen molar-refractivity contribution in [3.05, 3.63) is 47.0 Å². The van der Waals surface area contributed by atoms with Gasteiger partial charge in [0.1, 0.15) is 5.82 Å². The van der Waals surface area contributed by atoms with Gasteiger partial charge >= 0.3 is 0 Å². The van der Waals surface area contributed by atoms with E-state index in [4.69, 9.17) is 0 Å². The Kier molecular flexibility index (Phi) is 4.16. The molecule has 8 heteroatoms. The Labute approximate surface area is 135 Å². The average Bonchev–Trinajstić information content (AvgIpc) is 3.01. The van der Waals surface area contributed by atoms with Crippen molar-refractivity contribution in [1.82, 2.24) is 20.3 Å². The molecule has 118 valence electrons. The monoisotopic (exact) mass is 331 g/mol. The molecule has 1 unspecified atom stereocenters. The number of hydrogen-bond acceptors (Lipinski definition) is 6. The summed E-state index contributed by atoms with van der Waals surface area (Å²) in [6, 6.07) is 2.97. The van der Waals surface area contributed by atoms with Crippen LogP contribution < -0.4 is 10.6 Å². The van der Waals surface area contributed by atoms with Crippen LogP contribution in [0.3, 0.4) is 0 Å². The van der Waals surface area contributed by atoms with Gasteiger partial charge in [0.2, 0.25) is 5.95 Å². The van der Waals surface area contributed by atoms with Crippen molar-refractivity contribution in [2.45, 2.75) is 13.0 Å². The summed E-state index contributed by atoms with van der Waals surface area (Å²) < 4.78 is 14.0. The van der Waals surface area contributed by atoms with E-state index in [0.717, 1.165) is 10.9 Å². The molecular formula is C15H14FN5OS. The fraction of sp³-hybridized carbons (Fsp3) is 0.200. The molecule has 2 N–H and O–H groups in total. The second-order valence-electron chi connectivity index (χ2n) is 4.91. The van der Waals surface area contributed by atoms with Crippen LogP contribution in [0.25, 0.3) is 10.2 Å². The molecule has 0 aromatic carbocycles. The lowest BCUT2D eigenvalue weighted by Gasteiger charge is -2.14. The molecule has 1 atom stereocenters. The van der Waals surface area contributed by atoms with E-state index in [9.17, 15) is 9.18 Å². The van der Waals surface area contributed by atoms with Gasteiger partial charge in [0.25, 0.3) is 5.91 Å². The van der Waals surface area contributed by atoms with Crippen molar-refractivity contribution >= 4 is 33.4 Å². The van der Waals surface area contributed by atoms with E-state index in [-0.39, 0.29) is 11.9 Å². The number of halogens is 1. The lowest BCUT2D eigenvalue weighted by atomic mass is 10.1. The highest BCUT2D eigenvalue weighted by atomic mass is 32.1. The van der Waals surface area contributed by atoms with Crippen molar-refractivity contribution in [2.75, 3.05) is 12.4 Å². The minimum Gasteiger partial charge on any atom is -0.354 e. The molecule has 0 radical (unpaired) electrons. The molecule has 0 saturated heterocycles. The van der Waals surface area contributed by atoms with E-state index < -0.39 is 5.82 Å². The number of carbonyl (C=O) groups is 1. The maximum atomic E-state index is 13.3. The normalized spacial score (nSPS) is 12.1. The quantitative estimate of drug-likeness (QED) is 0.768. The van der Waals surface area contributed by atoms with Gasteiger partial charge in [-0.3, -0.25) is 9.78 Å². The number of nitrogens with one attached hydrogen (secondary N) is 2. The first-order chi connectivity index (χ1) is 11.1. The first-order valence-corrected chi connectivity index (χ1v) is 7.80. The van der Waals surface area contributed by atoms with Crippen LogP contribution in [-0.4, -0.2) is 27.9 Å². The van der Waals surface area contributed by atoms with Crippen LogP contribution >= 0.6 is 11.3 Å². The molecule has 3 aromatic heterocycles. The third-order valence-electron chi connectivity index (χ3n) is 3.32. The first kappa shape index (κ1) is 15.3. The molecule has 0 spiro atoms. The van der Waals surface area contributed by atoms with E-state index >= 15 is 0 Å². The lowest BCUT2D eigenvalue weighted by Crippen LogP contribution is -2.20. The average molecular weight is 331 g/mol. The number of amides is 1. The maximum absolute atomic E-state index is 13.3. The summed E-state index contributed by atoms with van der Waals surface area (Å²) in [5, 5.41) is 7.51. The Bertz CT molecular complexity index is 866. The van der Waals surface area contributed by atoms with Gasteiger partial charge in [-0.2, -0.15) is 0 Å². The van der Waals surface area contributed by atoms with Crippen molar-refractivity contribution in [2.24, 2.45) is 0 Å². The number of anilines is 1. The van der Waals surface area contributed by atoms with Crippen LogP contribution in [0.5, 0.6) is 0 Å². The lowest BCUT2D eigenvalue weighted by molar-refractivity contribution is 0.0960. The molecule has 3 aromatic rings. The molecular weight excluding hydrogens is 317 g/mol. The summed E-state index contributed by atoms with van der Waals surface area (Å²) in [6.07, 6.45) is 2.72. The molecule has 6 nitrogen and oxygen atoms in total. The van der Waals surface area contributed by atoms with Crippen molar-refractivity contribution in [3.63, 3.8) is 0 Å². The third kappa shape index (κ3) is 3.11. The topological polar surface area (TPSA) is 79.8 Å². The van der Waals surface area contributed by atoms with Gasteiger partial charge in [-0.1, -0.05) is 0 Å². The number of hydrogen-bond donors (Lipinski definition) is 2. The van der Waals surface area contributed by atoms with Gasteiger partial charge in [0, 0.05) is 13.2 Å². The molecule has 3 heterocycles. The zero-order chi connectivity index (χ0) is 16.4. The first-order valence-electron chi connectivity index (χ1n) is 6.93. The van der Waals surface area contributed by atoms with Crippen LogP contribution in [0.2, 0.25) is 0 Å². The largest absolute Gasteiger partial charge is 0.354 e. The summed E-state index contributed by atoms with van der Waals surface area (Å²) in [7, 11) is 1.55. The van der Waals surface area contributed by atoms with Crippen LogP contribution in [0.1, 0.15) is 29.0 Å². The SMILES string of the molecule is CNC(=O)c1nc(NC(C)c2cncc(F)c2)nc2ccsc12. The molecule has 0 saturated carbocycles. The number of nitrogens with zero attached hydrogens (tertiary/aromatic N) is 3. The van der Waals surface area contributed by atoms with E-state index in [1.54, 1.807) is 13.2 Å². The summed E-state index contributed by atoms with van der Waals surface area (Å²) in [6.45, 7) is 1.84. The summed E-state index contributed by atoms with van der Waals surface area (Å²) >= 11 is 1.41. The van der Waals surface area contributed by atoms with Crippen molar-refractivity contribution < 1.29 is 9.18 Å². The number of carbonyl (C=O) groups excluding carboxylic acids is 1. The minimum absolute atomic E-state index is 0.258. The predicted molar refractivity (Wildman–Crippen MR) is 87.0 cm³/mol.